The first kappa shape index (κ1) is 18.4. The second-order valence-electron chi connectivity index (χ2n) is 7.12. The van der Waals surface area contributed by atoms with Gasteiger partial charge < -0.3 is 10.0 Å². The molecule has 146 valence electrons. The zero-order valence-corrected chi connectivity index (χ0v) is 16.0. The van der Waals surface area contributed by atoms with Crippen molar-refractivity contribution in [2.75, 3.05) is 6.54 Å². The highest BCUT2D eigenvalue weighted by atomic mass is 16.3. The molecular formula is C20H23N5O3. The fraction of sp³-hybridized carbons (Fsp3) is 0.400. The molecule has 0 bridgehead atoms. The molecule has 1 aromatic carbocycles. The van der Waals surface area contributed by atoms with E-state index in [1.807, 2.05) is 42.8 Å². The first-order valence-corrected chi connectivity index (χ1v) is 9.47. The maximum absolute atomic E-state index is 12.8. The zero-order chi connectivity index (χ0) is 19.8. The number of amides is 1. The minimum Gasteiger partial charge on any atom is -0.387 e. The van der Waals surface area contributed by atoms with Gasteiger partial charge in [-0.05, 0) is 25.5 Å². The number of aryl methyl sites for hydroxylation is 1. The molecule has 1 amide bonds. The smallest absolute Gasteiger partial charge is 0.275 e. The Labute approximate surface area is 162 Å². The molecule has 1 aliphatic rings. The van der Waals surface area contributed by atoms with Gasteiger partial charge in [0.15, 0.2) is 0 Å². The molecular weight excluding hydrogens is 358 g/mol. The maximum Gasteiger partial charge on any atom is 0.275 e. The van der Waals surface area contributed by atoms with Crippen LogP contribution in [0, 0.1) is 6.92 Å². The number of carbonyl (C=O) groups is 1. The molecule has 8 heteroatoms. The molecule has 2 aromatic heterocycles. The number of benzene rings is 1. The monoisotopic (exact) mass is 381 g/mol. The van der Waals surface area contributed by atoms with E-state index in [0.29, 0.717) is 37.1 Å². The molecule has 1 aliphatic heterocycles. The second kappa shape index (κ2) is 7.20. The molecule has 4 rings (SSSR count). The fourth-order valence-electron chi connectivity index (χ4n) is 3.61. The second-order valence-corrected chi connectivity index (χ2v) is 7.12. The van der Waals surface area contributed by atoms with Crippen molar-refractivity contribution in [3.8, 4) is 0 Å². The van der Waals surface area contributed by atoms with Gasteiger partial charge in [0, 0.05) is 11.9 Å². The van der Waals surface area contributed by atoms with Gasteiger partial charge in [0.05, 0.1) is 41.7 Å². The van der Waals surface area contributed by atoms with Crippen molar-refractivity contribution in [3.05, 3.63) is 57.8 Å². The number of aliphatic hydroxyl groups is 1. The highest BCUT2D eigenvalue weighted by Gasteiger charge is 2.24. The van der Waals surface area contributed by atoms with Crippen LogP contribution < -0.4 is 5.56 Å². The summed E-state index contributed by atoms with van der Waals surface area (Å²) in [5.41, 5.74) is 1.98. The Bertz CT molecular complexity index is 1100. The van der Waals surface area contributed by atoms with E-state index in [1.54, 1.807) is 11.0 Å². The number of nitrogens with zero attached hydrogens (tertiary/aromatic N) is 5. The average Bonchev–Trinajstić information content (AvgIpc) is 3.14. The Morgan fingerprint density at radius 2 is 1.96 bits per heavy atom. The summed E-state index contributed by atoms with van der Waals surface area (Å²) >= 11 is 0. The molecule has 1 atom stereocenters. The molecule has 0 aliphatic carbocycles. The SMILES string of the molecule is CCC(O)c1cc2n(n1)CCN(C(=O)Cn1nc(C)c3ccccc3c1=O)C2. The lowest BCUT2D eigenvalue weighted by molar-refractivity contribution is -0.133. The average molecular weight is 381 g/mol. The molecule has 0 radical (unpaired) electrons. The predicted molar refractivity (Wildman–Crippen MR) is 104 cm³/mol. The van der Waals surface area contributed by atoms with Crippen molar-refractivity contribution in [3.63, 3.8) is 0 Å². The van der Waals surface area contributed by atoms with Crippen molar-refractivity contribution in [2.24, 2.45) is 0 Å². The highest BCUT2D eigenvalue weighted by Crippen LogP contribution is 2.20. The fourth-order valence-corrected chi connectivity index (χ4v) is 3.61. The topological polar surface area (TPSA) is 93.2 Å². The summed E-state index contributed by atoms with van der Waals surface area (Å²) in [7, 11) is 0. The number of hydrogen-bond donors (Lipinski definition) is 1. The van der Waals surface area contributed by atoms with Crippen molar-refractivity contribution >= 4 is 16.7 Å². The third-order valence-corrected chi connectivity index (χ3v) is 5.24. The first-order chi connectivity index (χ1) is 13.5. The molecule has 3 heterocycles. The molecule has 0 saturated heterocycles. The van der Waals surface area contributed by atoms with Crippen LogP contribution in [0.15, 0.2) is 35.1 Å². The molecule has 0 spiro atoms. The molecule has 28 heavy (non-hydrogen) atoms. The molecule has 0 fully saturated rings. The number of hydrogen-bond acceptors (Lipinski definition) is 5. The number of aliphatic hydroxyl groups excluding tert-OH is 1. The van der Waals surface area contributed by atoms with Gasteiger partial charge in [-0.3, -0.25) is 14.3 Å². The van der Waals surface area contributed by atoms with E-state index in [4.69, 9.17) is 0 Å². The van der Waals surface area contributed by atoms with E-state index < -0.39 is 6.10 Å². The van der Waals surface area contributed by atoms with Crippen molar-refractivity contribution < 1.29 is 9.90 Å². The van der Waals surface area contributed by atoms with E-state index in [-0.39, 0.29) is 18.0 Å². The lowest BCUT2D eigenvalue weighted by atomic mass is 10.1. The maximum atomic E-state index is 12.8. The third kappa shape index (κ3) is 3.20. The number of aromatic nitrogens is 4. The zero-order valence-electron chi connectivity index (χ0n) is 16.0. The van der Waals surface area contributed by atoms with Crippen LogP contribution in [-0.4, -0.2) is 42.0 Å². The predicted octanol–water partition coefficient (Wildman–Crippen LogP) is 1.39. The largest absolute Gasteiger partial charge is 0.387 e. The Morgan fingerprint density at radius 1 is 1.21 bits per heavy atom. The first-order valence-electron chi connectivity index (χ1n) is 9.47. The van der Waals surface area contributed by atoms with Gasteiger partial charge in [-0.15, -0.1) is 0 Å². The standard InChI is InChI=1S/C20H23N5O3/c1-3-18(26)17-10-14-11-23(8-9-24(14)22-17)19(27)12-25-20(28)16-7-5-4-6-15(16)13(2)21-25/h4-7,10,18,26H,3,8-9,11-12H2,1-2H3. The van der Waals surface area contributed by atoms with Crippen molar-refractivity contribution in [1.82, 2.24) is 24.5 Å². The van der Waals surface area contributed by atoms with Crippen LogP contribution in [0.1, 0.15) is 36.5 Å². The summed E-state index contributed by atoms with van der Waals surface area (Å²) in [5, 5.41) is 20.1. The van der Waals surface area contributed by atoms with Gasteiger partial charge >= 0.3 is 0 Å². The Morgan fingerprint density at radius 3 is 2.71 bits per heavy atom. The summed E-state index contributed by atoms with van der Waals surface area (Å²) < 4.78 is 3.08. The van der Waals surface area contributed by atoms with Crippen LogP contribution in [0.4, 0.5) is 0 Å². The van der Waals surface area contributed by atoms with Gasteiger partial charge in [0.25, 0.3) is 5.56 Å². The lowest BCUT2D eigenvalue weighted by Crippen LogP contribution is -2.42. The number of carbonyl (C=O) groups excluding carboxylic acids is 1. The Kier molecular flexibility index (Phi) is 4.72. The van der Waals surface area contributed by atoms with Gasteiger partial charge in [-0.25, -0.2) is 4.68 Å². The Hall–Kier alpha value is -3.00. The van der Waals surface area contributed by atoms with E-state index in [2.05, 4.69) is 10.2 Å². The van der Waals surface area contributed by atoms with Crippen LogP contribution in [0.5, 0.6) is 0 Å². The van der Waals surface area contributed by atoms with Crippen LogP contribution >= 0.6 is 0 Å². The van der Waals surface area contributed by atoms with Crippen LogP contribution in [-0.2, 0) is 24.4 Å². The van der Waals surface area contributed by atoms with E-state index in [0.717, 1.165) is 16.8 Å². The van der Waals surface area contributed by atoms with E-state index in [1.165, 1.54) is 4.68 Å². The highest BCUT2D eigenvalue weighted by molar-refractivity contribution is 5.83. The van der Waals surface area contributed by atoms with Gasteiger partial charge in [-0.1, -0.05) is 25.1 Å². The van der Waals surface area contributed by atoms with Gasteiger partial charge in [-0.2, -0.15) is 10.2 Å². The molecule has 1 unspecified atom stereocenters. The van der Waals surface area contributed by atoms with Crippen molar-refractivity contribution in [1.29, 1.82) is 0 Å². The molecule has 0 saturated carbocycles. The number of rotatable bonds is 4. The Balaban J connectivity index is 1.55. The summed E-state index contributed by atoms with van der Waals surface area (Å²) in [5.74, 6) is -0.158. The normalized spacial score (nSPS) is 14.9. The van der Waals surface area contributed by atoms with Gasteiger partial charge in [0.2, 0.25) is 5.91 Å². The van der Waals surface area contributed by atoms with Gasteiger partial charge in [0.1, 0.15) is 6.54 Å². The van der Waals surface area contributed by atoms with Crippen LogP contribution in [0.3, 0.4) is 0 Å². The van der Waals surface area contributed by atoms with E-state index in [9.17, 15) is 14.7 Å². The van der Waals surface area contributed by atoms with E-state index >= 15 is 0 Å². The summed E-state index contributed by atoms with van der Waals surface area (Å²) in [6.45, 7) is 5.12. The van der Waals surface area contributed by atoms with Crippen molar-refractivity contribution in [2.45, 2.75) is 46.0 Å². The quantitative estimate of drug-likeness (QED) is 0.737. The molecule has 8 nitrogen and oxygen atoms in total. The number of fused-ring (bicyclic) bond motifs is 2. The summed E-state index contributed by atoms with van der Waals surface area (Å²) in [6.07, 6.45) is 0.000227. The third-order valence-electron chi connectivity index (χ3n) is 5.24. The summed E-state index contributed by atoms with van der Waals surface area (Å²) in [4.78, 5) is 27.2. The minimum atomic E-state index is -0.592. The van der Waals surface area contributed by atoms with Crippen LogP contribution in [0.25, 0.3) is 10.8 Å². The molecule has 3 aromatic rings. The lowest BCUT2D eigenvalue weighted by Gasteiger charge is -2.27. The van der Waals surface area contributed by atoms with Crippen LogP contribution in [0.2, 0.25) is 0 Å². The molecule has 1 N–H and O–H groups in total. The minimum absolute atomic E-state index is 0.0942. The summed E-state index contributed by atoms with van der Waals surface area (Å²) in [6, 6.07) is 9.14.